The minimum atomic E-state index is 0.497. The number of hydrogen-bond acceptors (Lipinski definition) is 8. The highest BCUT2D eigenvalue weighted by molar-refractivity contribution is 6.32. The molecule has 0 N–H and O–H groups in total. The highest BCUT2D eigenvalue weighted by Gasteiger charge is 2.32. The van der Waals surface area contributed by atoms with Gasteiger partial charge >= 0.3 is 0 Å². The summed E-state index contributed by atoms with van der Waals surface area (Å²) in [4.78, 5) is 32.5. The predicted molar refractivity (Wildman–Crippen MR) is 565 cm³/mol. The average Bonchev–Trinajstić information content (AvgIpc) is 1.53. The van der Waals surface area contributed by atoms with Crippen molar-refractivity contribution in [1.82, 2.24) is 48.2 Å². The van der Waals surface area contributed by atoms with Crippen LogP contribution in [0.2, 0.25) is 0 Å². The largest absolute Gasteiger partial charge is 0.455 e. The zero-order valence-corrected chi connectivity index (χ0v) is 74.2. The minimum absolute atomic E-state index is 0.497. The summed E-state index contributed by atoms with van der Waals surface area (Å²) >= 11 is 0. The number of benzene rings is 20. The van der Waals surface area contributed by atoms with E-state index in [0.29, 0.717) is 46.1 Å². The van der Waals surface area contributed by atoms with Crippen molar-refractivity contribution >= 4 is 131 Å². The van der Waals surface area contributed by atoms with Gasteiger partial charge in [0.15, 0.2) is 40.5 Å². The van der Waals surface area contributed by atoms with Crippen LogP contribution in [0.1, 0.15) is 0 Å². The summed E-state index contributed by atoms with van der Waals surface area (Å²) in [6.45, 7) is 0. The Morgan fingerprint density at radius 2 is 0.478 bits per heavy atom. The van der Waals surface area contributed by atoms with Gasteiger partial charge in [-0.25, -0.2) is 29.9 Å². The predicted octanol–water partition coefficient (Wildman–Crippen LogP) is 32.6. The summed E-state index contributed by atoms with van der Waals surface area (Å²) in [5.41, 5.74) is 31.2. The van der Waals surface area contributed by atoms with Gasteiger partial charge in [-0.05, 0) is 160 Å². The molecule has 12 nitrogen and oxygen atoms in total. The molecule has 0 saturated heterocycles. The second kappa shape index (κ2) is 31.5. The molecule has 0 aliphatic rings. The van der Waals surface area contributed by atoms with Crippen LogP contribution in [0.15, 0.2) is 470 Å². The van der Waals surface area contributed by atoms with Crippen molar-refractivity contribution in [3.8, 4) is 147 Å². The van der Waals surface area contributed by atoms with Crippen molar-refractivity contribution < 1.29 is 8.83 Å². The standard InChI is InChI=1S/C126H76N10O2/c1-7-35-77(36-8-1)82-45-32-50-87(72-82)124-128-122(81-43-15-5-16-44-81)130-126(132-124)98-68-69-107(112-96-60-24-30-66-110(96)137-119(98)112)135-105-63-27-21-57-93(105)113-115(135)99(78-37-9-2-10-38-78)75-102-92-56-20-26-62-104(92)134(118(102)113)90-54-34-49-86(74-90)84-47-31-46-83(71-84)85-48-33-51-88(73-85)123-127-121(80-41-13-4-14-42-80)129-125(131-123)97-67-70-108(120-111(97)95-59-23-29-65-109(95)138-120)136-106-64-28-22-58-94(106)114-116(136)100(79-39-11-3-12-40-79)76-101-91-55-19-25-61-103(91)133(117(101)114)89-52-17-6-18-53-89/h1-76H. The first-order valence-corrected chi connectivity index (χ1v) is 46.6. The summed E-state index contributed by atoms with van der Waals surface area (Å²) in [7, 11) is 0. The van der Waals surface area contributed by atoms with Crippen LogP contribution in [0.3, 0.4) is 0 Å². The highest BCUT2D eigenvalue weighted by Crippen LogP contribution is 2.53. The van der Waals surface area contributed by atoms with Crippen LogP contribution >= 0.6 is 0 Å². The average molecular weight is 1760 g/mol. The third kappa shape index (κ3) is 12.4. The number of aromatic nitrogens is 10. The normalized spacial score (nSPS) is 11.9. The zero-order valence-electron chi connectivity index (χ0n) is 74.2. The van der Waals surface area contributed by atoms with E-state index in [9.17, 15) is 0 Å². The van der Waals surface area contributed by atoms with Crippen LogP contribution in [0, 0.1) is 0 Å². The van der Waals surface area contributed by atoms with Crippen molar-refractivity contribution in [2.24, 2.45) is 0 Å². The number of rotatable bonds is 15. The molecule has 138 heavy (non-hydrogen) atoms. The van der Waals surface area contributed by atoms with Crippen LogP contribution < -0.4 is 0 Å². The number of hydrogen-bond donors (Lipinski definition) is 0. The van der Waals surface area contributed by atoms with E-state index in [0.717, 1.165) is 221 Å². The Hall–Kier alpha value is -18.8. The van der Waals surface area contributed by atoms with Gasteiger partial charge in [-0.3, -0.25) is 0 Å². The molecule has 0 aliphatic carbocycles. The molecule has 0 atom stereocenters. The molecule has 28 aromatic rings. The van der Waals surface area contributed by atoms with Gasteiger partial charge < -0.3 is 27.1 Å². The first kappa shape index (κ1) is 77.9. The van der Waals surface area contributed by atoms with Gasteiger partial charge in [0.25, 0.3) is 0 Å². The molecule has 8 heterocycles. The fourth-order valence-corrected chi connectivity index (χ4v) is 21.5. The van der Waals surface area contributed by atoms with Crippen LogP contribution in [-0.4, -0.2) is 48.2 Å². The van der Waals surface area contributed by atoms with Crippen molar-refractivity contribution in [2.45, 2.75) is 0 Å². The first-order chi connectivity index (χ1) is 68.5. The molecule has 642 valence electrons. The van der Waals surface area contributed by atoms with E-state index in [1.807, 2.05) is 54.6 Å². The quantitative estimate of drug-likeness (QED) is 0.0994. The molecule has 0 radical (unpaired) electrons. The molecule has 0 aliphatic heterocycles. The van der Waals surface area contributed by atoms with Crippen molar-refractivity contribution in [1.29, 1.82) is 0 Å². The van der Waals surface area contributed by atoms with Crippen LogP contribution in [0.4, 0.5) is 0 Å². The fraction of sp³-hybridized carbons (Fsp3) is 0. The smallest absolute Gasteiger partial charge is 0.167 e. The van der Waals surface area contributed by atoms with Crippen LogP contribution in [-0.2, 0) is 0 Å². The lowest BCUT2D eigenvalue weighted by atomic mass is 9.97. The summed E-state index contributed by atoms with van der Waals surface area (Å²) < 4.78 is 24.5. The molecule has 8 aromatic heterocycles. The lowest BCUT2D eigenvalue weighted by molar-refractivity contribution is 0.666. The van der Waals surface area contributed by atoms with E-state index >= 15 is 0 Å². The maximum absolute atomic E-state index is 7.35. The van der Waals surface area contributed by atoms with E-state index < -0.39 is 0 Å². The van der Waals surface area contributed by atoms with Gasteiger partial charge in [-0.1, -0.05) is 346 Å². The molecule has 20 aromatic carbocycles. The monoisotopic (exact) mass is 1760 g/mol. The Labute approximate surface area is 790 Å². The topological polar surface area (TPSA) is 123 Å². The van der Waals surface area contributed by atoms with Gasteiger partial charge in [0, 0.05) is 110 Å². The van der Waals surface area contributed by atoms with E-state index in [4.69, 9.17) is 38.7 Å². The SMILES string of the molecule is c1ccc(-c2cccc(-c3nc(-c4ccccc4)nc(-c4ccc(-n5c6ccccc6c6c5c(-c5ccccc5)cc5c7ccccc7n(-c7cccc(-c8cccc(-c9cccc(-c%10nc(-c%11ccccc%11)nc(-c%11ccc(-n%12c%13ccccc%13c%13c%12c(-c%12ccccc%12)cc%12c%14ccccc%14n(-c%14ccccc%14)c%12%13)c%12oc%13ccccc%13c%11%12)n%10)c9)c8)c7)c56)c5c4oc4ccccc45)n3)c2)cc1. The lowest BCUT2D eigenvalue weighted by Gasteiger charge is -2.16. The van der Waals surface area contributed by atoms with E-state index in [2.05, 4.69) is 425 Å². The Morgan fingerprint density at radius 1 is 0.159 bits per heavy atom. The van der Waals surface area contributed by atoms with Gasteiger partial charge in [0.05, 0.1) is 66.5 Å². The molecule has 12 heteroatoms. The Bertz CT molecular complexity index is 9840. The molecule has 0 unspecified atom stereocenters. The molecule has 0 saturated carbocycles. The Morgan fingerprint density at radius 3 is 0.978 bits per heavy atom. The van der Waals surface area contributed by atoms with E-state index in [1.165, 1.54) is 10.8 Å². The lowest BCUT2D eigenvalue weighted by Crippen LogP contribution is -2.02. The summed E-state index contributed by atoms with van der Waals surface area (Å²) in [6.07, 6.45) is 0. The Kier molecular flexibility index (Phi) is 17.8. The molecule has 28 rings (SSSR count). The number of nitrogens with zero attached hydrogens (tertiary/aromatic N) is 10. The molecule has 0 amide bonds. The second-order valence-electron chi connectivity index (χ2n) is 35.4. The highest BCUT2D eigenvalue weighted by atomic mass is 16.3. The van der Waals surface area contributed by atoms with Gasteiger partial charge in [0.1, 0.15) is 16.7 Å². The molecule has 0 spiro atoms. The van der Waals surface area contributed by atoms with Crippen LogP contribution in [0.25, 0.3) is 278 Å². The van der Waals surface area contributed by atoms with Gasteiger partial charge in [0.2, 0.25) is 0 Å². The fourth-order valence-electron chi connectivity index (χ4n) is 21.5. The van der Waals surface area contributed by atoms with Gasteiger partial charge in [-0.15, -0.1) is 0 Å². The number of fused-ring (bicyclic) bond motifs is 20. The minimum Gasteiger partial charge on any atom is -0.455 e. The third-order valence-corrected chi connectivity index (χ3v) is 27.6. The maximum atomic E-state index is 7.35. The molecule has 0 bridgehead atoms. The van der Waals surface area contributed by atoms with Gasteiger partial charge in [-0.2, -0.15) is 0 Å². The third-order valence-electron chi connectivity index (χ3n) is 27.6. The second-order valence-corrected chi connectivity index (χ2v) is 35.4. The van der Waals surface area contributed by atoms with Crippen molar-refractivity contribution in [3.05, 3.63) is 461 Å². The van der Waals surface area contributed by atoms with E-state index in [-0.39, 0.29) is 0 Å². The van der Waals surface area contributed by atoms with E-state index in [1.54, 1.807) is 0 Å². The maximum Gasteiger partial charge on any atom is 0.167 e. The molecular weight excluding hydrogens is 1690 g/mol. The van der Waals surface area contributed by atoms with Crippen LogP contribution in [0.5, 0.6) is 0 Å². The zero-order chi connectivity index (χ0) is 90.6. The molecular formula is C126H76N10O2. The van der Waals surface area contributed by atoms with Crippen molar-refractivity contribution in [3.63, 3.8) is 0 Å². The number of furan rings is 2. The summed E-state index contributed by atoms with van der Waals surface area (Å²) in [5, 5.41) is 12.9. The molecule has 0 fully saturated rings. The Balaban J connectivity index is 0.585. The number of para-hydroxylation sites is 7. The van der Waals surface area contributed by atoms with Crippen molar-refractivity contribution in [2.75, 3.05) is 0 Å². The summed E-state index contributed by atoms with van der Waals surface area (Å²) in [6, 6.07) is 164. The first-order valence-electron chi connectivity index (χ1n) is 46.6. The summed E-state index contributed by atoms with van der Waals surface area (Å²) in [5.74, 6) is 3.21.